The first-order valence-electron chi connectivity index (χ1n) is 7.36. The van der Waals surface area contributed by atoms with Gasteiger partial charge in [0.1, 0.15) is 0 Å². The molecule has 3 heteroatoms. The van der Waals surface area contributed by atoms with Crippen molar-refractivity contribution < 1.29 is 4.74 Å². The van der Waals surface area contributed by atoms with E-state index >= 15 is 0 Å². The molecule has 1 N–H and O–H groups in total. The average molecular weight is 282 g/mol. The van der Waals surface area contributed by atoms with Gasteiger partial charge in [0.05, 0.1) is 6.10 Å². The fourth-order valence-electron chi connectivity index (χ4n) is 2.69. The molecule has 1 saturated carbocycles. The highest BCUT2D eigenvalue weighted by atomic mass is 35.5. The Labute approximate surface area is 121 Å². The summed E-state index contributed by atoms with van der Waals surface area (Å²) >= 11 is 5.95. The zero-order valence-electron chi connectivity index (χ0n) is 11.9. The Morgan fingerprint density at radius 3 is 2.53 bits per heavy atom. The normalized spacial score (nSPS) is 23.9. The molecule has 0 bridgehead atoms. The largest absolute Gasteiger partial charge is 0.378 e. The van der Waals surface area contributed by atoms with Crippen LogP contribution in [0, 0.1) is 0 Å². The van der Waals surface area contributed by atoms with Gasteiger partial charge in [0.25, 0.3) is 0 Å². The summed E-state index contributed by atoms with van der Waals surface area (Å²) in [6.07, 6.45) is 5.10. The van der Waals surface area contributed by atoms with Crippen molar-refractivity contribution in [3.63, 3.8) is 0 Å². The first-order chi connectivity index (χ1) is 9.22. The molecule has 1 atom stereocenters. The van der Waals surface area contributed by atoms with Gasteiger partial charge >= 0.3 is 0 Å². The lowest BCUT2D eigenvalue weighted by Crippen LogP contribution is -2.46. The third-order valence-corrected chi connectivity index (χ3v) is 4.04. The third-order valence-electron chi connectivity index (χ3n) is 3.78. The molecule has 1 fully saturated rings. The van der Waals surface area contributed by atoms with E-state index in [9.17, 15) is 0 Å². The predicted molar refractivity (Wildman–Crippen MR) is 80.7 cm³/mol. The molecule has 1 aliphatic carbocycles. The van der Waals surface area contributed by atoms with Crippen LogP contribution in [0.4, 0.5) is 0 Å². The molecular weight excluding hydrogens is 258 g/mol. The summed E-state index contributed by atoms with van der Waals surface area (Å²) in [5.74, 6) is 0. The number of benzene rings is 1. The van der Waals surface area contributed by atoms with Crippen LogP contribution in [-0.4, -0.2) is 18.8 Å². The second-order valence-corrected chi connectivity index (χ2v) is 5.74. The quantitative estimate of drug-likeness (QED) is 0.803. The Hall–Kier alpha value is -0.570. The van der Waals surface area contributed by atoms with Crippen LogP contribution in [0.25, 0.3) is 0 Å². The Morgan fingerprint density at radius 1 is 1.26 bits per heavy atom. The van der Waals surface area contributed by atoms with E-state index in [0.717, 1.165) is 30.9 Å². The number of nitrogens with one attached hydrogen (secondary N) is 1. The Bertz CT molecular complexity index is 373. The van der Waals surface area contributed by atoms with Gasteiger partial charge in [0, 0.05) is 23.7 Å². The summed E-state index contributed by atoms with van der Waals surface area (Å²) in [4.78, 5) is 0. The molecule has 0 radical (unpaired) electrons. The van der Waals surface area contributed by atoms with E-state index in [1.165, 1.54) is 12.0 Å². The zero-order chi connectivity index (χ0) is 13.7. The molecule has 2 rings (SSSR count). The number of hydrogen-bond donors (Lipinski definition) is 1. The summed E-state index contributed by atoms with van der Waals surface area (Å²) in [6.45, 7) is 5.12. The lowest BCUT2D eigenvalue weighted by molar-refractivity contribution is -0.0127. The molecule has 1 unspecified atom stereocenters. The second kappa shape index (κ2) is 7.28. The standard InChI is InChI=1S/C16H24ClNO/c1-3-5-16(12-6-8-13(17)9-7-12)18-14-10-15(11-14)19-4-2/h6-9,14-16,18H,3-5,10-11H2,1-2H3. The van der Waals surface area contributed by atoms with Gasteiger partial charge in [-0.1, -0.05) is 37.1 Å². The first-order valence-corrected chi connectivity index (χ1v) is 7.73. The van der Waals surface area contributed by atoms with Crippen LogP contribution in [0.5, 0.6) is 0 Å². The maximum atomic E-state index is 5.95. The van der Waals surface area contributed by atoms with Crippen molar-refractivity contribution in [2.45, 2.75) is 57.7 Å². The lowest BCUT2D eigenvalue weighted by atomic mass is 9.87. The van der Waals surface area contributed by atoms with Gasteiger partial charge in [-0.3, -0.25) is 0 Å². The molecule has 19 heavy (non-hydrogen) atoms. The smallest absolute Gasteiger partial charge is 0.0604 e. The molecule has 2 nitrogen and oxygen atoms in total. The van der Waals surface area contributed by atoms with Crippen molar-refractivity contribution >= 4 is 11.6 Å². The molecule has 0 spiro atoms. The molecule has 0 saturated heterocycles. The summed E-state index contributed by atoms with van der Waals surface area (Å²) in [6, 6.07) is 9.26. The van der Waals surface area contributed by atoms with Crippen molar-refractivity contribution in [2.24, 2.45) is 0 Å². The highest BCUT2D eigenvalue weighted by molar-refractivity contribution is 6.30. The van der Waals surface area contributed by atoms with Gasteiger partial charge in [0.2, 0.25) is 0 Å². The number of rotatable bonds is 7. The highest BCUT2D eigenvalue weighted by Gasteiger charge is 2.31. The summed E-state index contributed by atoms with van der Waals surface area (Å²) in [5, 5.41) is 4.56. The molecular formula is C16H24ClNO. The minimum Gasteiger partial charge on any atom is -0.378 e. The van der Waals surface area contributed by atoms with Gasteiger partial charge in [0.15, 0.2) is 0 Å². The van der Waals surface area contributed by atoms with E-state index < -0.39 is 0 Å². The SMILES string of the molecule is CCCC(NC1CC(OCC)C1)c1ccc(Cl)cc1. The van der Waals surface area contributed by atoms with Crippen LogP contribution in [0.3, 0.4) is 0 Å². The minimum atomic E-state index is 0.440. The van der Waals surface area contributed by atoms with Crippen LogP contribution >= 0.6 is 11.6 Å². The Kier molecular flexibility index (Phi) is 5.68. The van der Waals surface area contributed by atoms with Gasteiger partial charge in [-0.15, -0.1) is 0 Å². The molecule has 0 aromatic heterocycles. The van der Waals surface area contributed by atoms with E-state index in [1.54, 1.807) is 0 Å². The minimum absolute atomic E-state index is 0.440. The molecule has 0 amide bonds. The van der Waals surface area contributed by atoms with Crippen LogP contribution in [0.2, 0.25) is 5.02 Å². The van der Waals surface area contributed by atoms with Gasteiger partial charge in [-0.25, -0.2) is 0 Å². The van der Waals surface area contributed by atoms with Crippen LogP contribution in [-0.2, 0) is 4.74 Å². The van der Waals surface area contributed by atoms with Crippen LogP contribution < -0.4 is 5.32 Å². The maximum absolute atomic E-state index is 5.95. The fraction of sp³-hybridized carbons (Fsp3) is 0.625. The first kappa shape index (κ1) is 14.8. The van der Waals surface area contributed by atoms with Crippen molar-refractivity contribution in [2.75, 3.05) is 6.61 Å². The lowest BCUT2D eigenvalue weighted by Gasteiger charge is -2.38. The van der Waals surface area contributed by atoms with E-state index in [4.69, 9.17) is 16.3 Å². The van der Waals surface area contributed by atoms with Crippen molar-refractivity contribution in [3.8, 4) is 0 Å². The van der Waals surface area contributed by atoms with E-state index in [-0.39, 0.29) is 0 Å². The molecule has 1 aromatic carbocycles. The van der Waals surface area contributed by atoms with Crippen molar-refractivity contribution in [1.29, 1.82) is 0 Å². The topological polar surface area (TPSA) is 21.3 Å². The Balaban J connectivity index is 1.88. The van der Waals surface area contributed by atoms with E-state index in [1.807, 2.05) is 12.1 Å². The van der Waals surface area contributed by atoms with Gasteiger partial charge < -0.3 is 10.1 Å². The maximum Gasteiger partial charge on any atom is 0.0604 e. The summed E-state index contributed by atoms with van der Waals surface area (Å²) in [5.41, 5.74) is 1.34. The molecule has 0 heterocycles. The summed E-state index contributed by atoms with van der Waals surface area (Å²) < 4.78 is 5.61. The molecule has 1 aliphatic rings. The average Bonchev–Trinajstić information content (AvgIpc) is 2.36. The predicted octanol–water partition coefficient (Wildman–Crippen LogP) is 4.34. The summed E-state index contributed by atoms with van der Waals surface area (Å²) in [7, 11) is 0. The molecule has 1 aromatic rings. The van der Waals surface area contributed by atoms with E-state index in [2.05, 4.69) is 31.3 Å². The highest BCUT2D eigenvalue weighted by Crippen LogP contribution is 2.28. The van der Waals surface area contributed by atoms with Crippen molar-refractivity contribution in [3.05, 3.63) is 34.9 Å². The molecule has 106 valence electrons. The van der Waals surface area contributed by atoms with E-state index in [0.29, 0.717) is 18.2 Å². The number of hydrogen-bond acceptors (Lipinski definition) is 2. The fourth-order valence-corrected chi connectivity index (χ4v) is 2.81. The molecule has 0 aliphatic heterocycles. The second-order valence-electron chi connectivity index (χ2n) is 5.31. The van der Waals surface area contributed by atoms with Crippen LogP contribution in [0.1, 0.15) is 51.1 Å². The number of halogens is 1. The van der Waals surface area contributed by atoms with Crippen molar-refractivity contribution in [1.82, 2.24) is 5.32 Å². The third kappa shape index (κ3) is 4.20. The monoisotopic (exact) mass is 281 g/mol. The van der Waals surface area contributed by atoms with Crippen LogP contribution in [0.15, 0.2) is 24.3 Å². The zero-order valence-corrected chi connectivity index (χ0v) is 12.6. The number of ether oxygens (including phenoxy) is 1. The van der Waals surface area contributed by atoms with Gasteiger partial charge in [-0.2, -0.15) is 0 Å². The van der Waals surface area contributed by atoms with Gasteiger partial charge in [-0.05, 0) is 43.9 Å². The Morgan fingerprint density at radius 2 is 1.95 bits per heavy atom.